The number of rotatable bonds is 3. The molecule has 0 fully saturated rings. The van der Waals surface area contributed by atoms with Gasteiger partial charge in [-0.25, -0.2) is 8.42 Å². The average Bonchev–Trinajstić information content (AvgIpc) is 2.34. The van der Waals surface area contributed by atoms with Gasteiger partial charge in [-0.2, -0.15) is 0 Å². The second-order valence-electron chi connectivity index (χ2n) is 5.68. The SMILES string of the molecule is CC(C)c1cccc2c(C(C)C)c(S(=O)(=O)[O-])ccc12.[Na+]. The molecule has 0 N–H and O–H groups in total. The van der Waals surface area contributed by atoms with Crippen LogP contribution in [-0.2, 0) is 10.1 Å². The van der Waals surface area contributed by atoms with Gasteiger partial charge in [0, 0.05) is 0 Å². The van der Waals surface area contributed by atoms with Crippen LogP contribution in [0.5, 0.6) is 0 Å². The number of fused-ring (bicyclic) bond motifs is 1. The fraction of sp³-hybridized carbons (Fsp3) is 0.375. The molecule has 0 saturated carbocycles. The van der Waals surface area contributed by atoms with Crippen molar-refractivity contribution < 1.29 is 42.5 Å². The van der Waals surface area contributed by atoms with Crippen molar-refractivity contribution in [3.8, 4) is 0 Å². The third kappa shape index (κ3) is 3.69. The molecule has 2 aromatic rings. The topological polar surface area (TPSA) is 57.2 Å². The van der Waals surface area contributed by atoms with Crippen molar-refractivity contribution in [3.63, 3.8) is 0 Å². The van der Waals surface area contributed by atoms with Crippen LogP contribution in [0.2, 0.25) is 0 Å². The molecule has 0 aliphatic rings. The van der Waals surface area contributed by atoms with Gasteiger partial charge < -0.3 is 4.55 Å². The van der Waals surface area contributed by atoms with E-state index in [0.717, 1.165) is 10.8 Å². The summed E-state index contributed by atoms with van der Waals surface area (Å²) in [6, 6.07) is 9.06. The van der Waals surface area contributed by atoms with Gasteiger partial charge in [0.15, 0.2) is 0 Å². The molecule has 0 unspecified atom stereocenters. The summed E-state index contributed by atoms with van der Waals surface area (Å²) in [6.45, 7) is 8.02. The van der Waals surface area contributed by atoms with Crippen molar-refractivity contribution in [1.82, 2.24) is 0 Å². The molecule has 0 aromatic heterocycles. The third-order valence-electron chi connectivity index (χ3n) is 3.57. The first-order valence-electron chi connectivity index (χ1n) is 6.75. The van der Waals surface area contributed by atoms with E-state index in [1.807, 2.05) is 32.0 Å². The van der Waals surface area contributed by atoms with E-state index in [-0.39, 0.29) is 40.4 Å². The van der Waals surface area contributed by atoms with E-state index in [1.165, 1.54) is 11.6 Å². The molecule has 21 heavy (non-hydrogen) atoms. The van der Waals surface area contributed by atoms with Crippen LogP contribution in [0.1, 0.15) is 50.7 Å². The molecule has 2 rings (SSSR count). The Morgan fingerprint density at radius 1 is 0.905 bits per heavy atom. The van der Waals surface area contributed by atoms with Crippen LogP contribution in [0.25, 0.3) is 10.8 Å². The maximum atomic E-state index is 11.5. The van der Waals surface area contributed by atoms with Gasteiger partial charge in [-0.05, 0) is 39.8 Å². The first kappa shape index (κ1) is 18.7. The molecule has 0 radical (unpaired) electrons. The van der Waals surface area contributed by atoms with Gasteiger partial charge in [0.2, 0.25) is 0 Å². The molecular formula is C16H19NaO3S. The van der Waals surface area contributed by atoms with Crippen molar-refractivity contribution in [2.75, 3.05) is 0 Å². The molecule has 108 valence electrons. The van der Waals surface area contributed by atoms with Crippen molar-refractivity contribution >= 4 is 20.9 Å². The molecular weight excluding hydrogens is 295 g/mol. The Balaban J connectivity index is 0.00000220. The Morgan fingerprint density at radius 2 is 1.52 bits per heavy atom. The summed E-state index contributed by atoms with van der Waals surface area (Å²) in [5.41, 5.74) is 1.79. The van der Waals surface area contributed by atoms with Gasteiger partial charge in [0.05, 0.1) is 4.90 Å². The van der Waals surface area contributed by atoms with E-state index in [9.17, 15) is 13.0 Å². The molecule has 0 saturated heterocycles. The van der Waals surface area contributed by atoms with E-state index in [1.54, 1.807) is 6.07 Å². The first-order chi connectivity index (χ1) is 9.23. The predicted octanol–water partition coefficient (Wildman–Crippen LogP) is 0.995. The third-order valence-corrected chi connectivity index (χ3v) is 4.46. The Hall–Kier alpha value is -0.390. The van der Waals surface area contributed by atoms with Crippen LogP contribution >= 0.6 is 0 Å². The summed E-state index contributed by atoms with van der Waals surface area (Å²) >= 11 is 0. The van der Waals surface area contributed by atoms with Crippen LogP contribution in [0.4, 0.5) is 0 Å². The van der Waals surface area contributed by atoms with Crippen LogP contribution in [0.15, 0.2) is 35.2 Å². The van der Waals surface area contributed by atoms with Gasteiger partial charge in [-0.15, -0.1) is 0 Å². The minimum atomic E-state index is -4.45. The molecule has 0 spiro atoms. The van der Waals surface area contributed by atoms with E-state index < -0.39 is 10.1 Å². The largest absolute Gasteiger partial charge is 1.00 e. The molecule has 0 heterocycles. The van der Waals surface area contributed by atoms with Crippen LogP contribution in [0.3, 0.4) is 0 Å². The molecule has 0 amide bonds. The van der Waals surface area contributed by atoms with Crippen molar-refractivity contribution in [2.45, 2.75) is 44.4 Å². The Morgan fingerprint density at radius 3 is 2.00 bits per heavy atom. The van der Waals surface area contributed by atoms with Gasteiger partial charge in [-0.3, -0.25) is 0 Å². The Bertz CT molecular complexity index is 749. The van der Waals surface area contributed by atoms with Crippen LogP contribution in [0, 0.1) is 0 Å². The maximum absolute atomic E-state index is 11.5. The Labute approximate surface area is 148 Å². The maximum Gasteiger partial charge on any atom is 1.00 e. The van der Waals surface area contributed by atoms with Gasteiger partial charge in [0.1, 0.15) is 10.1 Å². The summed E-state index contributed by atoms with van der Waals surface area (Å²) < 4.78 is 34.4. The van der Waals surface area contributed by atoms with E-state index in [4.69, 9.17) is 0 Å². The Kier molecular flexibility index (Phi) is 6.04. The first-order valence-corrected chi connectivity index (χ1v) is 8.15. The van der Waals surface area contributed by atoms with Crippen LogP contribution in [-0.4, -0.2) is 13.0 Å². The second kappa shape index (κ2) is 6.80. The summed E-state index contributed by atoms with van der Waals surface area (Å²) in [5, 5.41) is 1.89. The average molecular weight is 314 g/mol. The molecule has 5 heteroatoms. The quantitative estimate of drug-likeness (QED) is 0.627. The molecule has 0 atom stereocenters. The van der Waals surface area contributed by atoms with Crippen molar-refractivity contribution in [2.24, 2.45) is 0 Å². The second-order valence-corrected chi connectivity index (χ2v) is 7.03. The molecule has 2 aromatic carbocycles. The number of hydrogen-bond acceptors (Lipinski definition) is 3. The van der Waals surface area contributed by atoms with Crippen molar-refractivity contribution in [1.29, 1.82) is 0 Å². The minimum absolute atomic E-state index is 0. The standard InChI is InChI=1S/C16H20O3S.Na/c1-10(2)12-6-5-7-14-13(12)8-9-15(20(17,18)19)16(14)11(3)4;/h5-11H,1-4H3,(H,17,18,19);/q;+1/p-1. The van der Waals surface area contributed by atoms with Gasteiger partial charge in [0.25, 0.3) is 0 Å². The van der Waals surface area contributed by atoms with E-state index in [2.05, 4.69) is 13.8 Å². The van der Waals surface area contributed by atoms with Gasteiger partial charge >= 0.3 is 29.6 Å². The summed E-state index contributed by atoms with van der Waals surface area (Å²) in [7, 11) is -4.45. The summed E-state index contributed by atoms with van der Waals surface area (Å²) in [5.74, 6) is 0.313. The zero-order chi connectivity index (χ0) is 15.1. The zero-order valence-corrected chi connectivity index (χ0v) is 16.0. The van der Waals surface area contributed by atoms with Crippen molar-refractivity contribution in [3.05, 3.63) is 41.5 Å². The molecule has 3 nitrogen and oxygen atoms in total. The molecule has 0 aliphatic heterocycles. The smallest absolute Gasteiger partial charge is 0.744 e. The summed E-state index contributed by atoms with van der Waals surface area (Å²) in [6.07, 6.45) is 0. The normalized spacial score (nSPS) is 12.0. The fourth-order valence-electron chi connectivity index (χ4n) is 2.70. The molecule has 0 bridgehead atoms. The van der Waals surface area contributed by atoms with Crippen LogP contribution < -0.4 is 29.6 Å². The van der Waals surface area contributed by atoms with E-state index >= 15 is 0 Å². The van der Waals surface area contributed by atoms with Gasteiger partial charge in [-0.1, -0.05) is 52.0 Å². The fourth-order valence-corrected chi connectivity index (χ4v) is 3.55. The zero-order valence-electron chi connectivity index (χ0n) is 13.2. The minimum Gasteiger partial charge on any atom is -0.744 e. The predicted molar refractivity (Wildman–Crippen MR) is 80.1 cm³/mol. The number of hydrogen-bond donors (Lipinski definition) is 0. The summed E-state index contributed by atoms with van der Waals surface area (Å²) in [4.78, 5) is -0.0964. The molecule has 0 aliphatic carbocycles. The van der Waals surface area contributed by atoms with E-state index in [0.29, 0.717) is 11.5 Å². The number of benzene rings is 2. The monoisotopic (exact) mass is 314 g/mol.